The van der Waals surface area contributed by atoms with Gasteiger partial charge >= 0.3 is 0 Å². The SMILES string of the molecule is Cc1ccc(N2CCN3CCNCC3C2=O)c(C)c1. The molecule has 2 fully saturated rings. The largest absolute Gasteiger partial charge is 0.313 e. The molecule has 4 heteroatoms. The molecule has 1 unspecified atom stereocenters. The molecule has 0 aliphatic carbocycles. The predicted octanol–water partition coefficient (Wildman–Crippen LogP) is 0.924. The van der Waals surface area contributed by atoms with E-state index in [4.69, 9.17) is 0 Å². The number of carbonyl (C=O) groups is 1. The molecule has 0 spiro atoms. The van der Waals surface area contributed by atoms with Crippen molar-refractivity contribution in [3.05, 3.63) is 29.3 Å². The predicted molar refractivity (Wildman–Crippen MR) is 76.5 cm³/mol. The standard InChI is InChI=1S/C15H21N3O/c1-11-3-4-13(12(2)9-11)18-8-7-17-6-5-16-10-14(17)15(18)19/h3-4,9,14,16H,5-8,10H2,1-2H3. The number of piperazine rings is 2. The van der Waals surface area contributed by atoms with Gasteiger partial charge in [0.05, 0.1) is 0 Å². The van der Waals surface area contributed by atoms with Crippen molar-refractivity contribution >= 4 is 11.6 Å². The van der Waals surface area contributed by atoms with Gasteiger partial charge in [0.2, 0.25) is 5.91 Å². The number of nitrogens with one attached hydrogen (secondary N) is 1. The third-order valence-corrected chi connectivity index (χ3v) is 4.16. The van der Waals surface area contributed by atoms with Gasteiger partial charge < -0.3 is 10.2 Å². The highest BCUT2D eigenvalue weighted by Gasteiger charge is 2.36. The molecule has 0 aromatic heterocycles. The summed E-state index contributed by atoms with van der Waals surface area (Å²) in [6.07, 6.45) is 0. The lowest BCUT2D eigenvalue weighted by atomic mass is 10.0. The minimum atomic E-state index is 0.0169. The highest BCUT2D eigenvalue weighted by molar-refractivity contribution is 5.98. The molecule has 0 bridgehead atoms. The van der Waals surface area contributed by atoms with E-state index in [2.05, 4.69) is 42.3 Å². The topological polar surface area (TPSA) is 35.6 Å². The summed E-state index contributed by atoms with van der Waals surface area (Å²) in [7, 11) is 0. The molecule has 0 radical (unpaired) electrons. The van der Waals surface area contributed by atoms with Gasteiger partial charge in [-0.2, -0.15) is 0 Å². The van der Waals surface area contributed by atoms with Crippen molar-refractivity contribution in [2.45, 2.75) is 19.9 Å². The minimum Gasteiger partial charge on any atom is -0.313 e. The van der Waals surface area contributed by atoms with Crippen LogP contribution < -0.4 is 10.2 Å². The first-order chi connectivity index (χ1) is 9.16. The van der Waals surface area contributed by atoms with Crippen LogP contribution in [0.5, 0.6) is 0 Å². The van der Waals surface area contributed by atoms with Crippen LogP contribution >= 0.6 is 0 Å². The van der Waals surface area contributed by atoms with Crippen LogP contribution in [0, 0.1) is 13.8 Å². The zero-order valence-electron chi connectivity index (χ0n) is 11.6. The molecule has 1 aromatic rings. The summed E-state index contributed by atoms with van der Waals surface area (Å²) in [5.41, 5.74) is 3.50. The number of carbonyl (C=O) groups excluding carboxylic acids is 1. The number of benzene rings is 1. The number of aryl methyl sites for hydroxylation is 2. The number of hydrogen-bond acceptors (Lipinski definition) is 3. The van der Waals surface area contributed by atoms with Crippen LogP contribution in [0.4, 0.5) is 5.69 Å². The molecule has 0 saturated carbocycles. The number of amides is 1. The summed E-state index contributed by atoms with van der Waals surface area (Å²) in [6.45, 7) is 8.71. The van der Waals surface area contributed by atoms with E-state index in [-0.39, 0.29) is 11.9 Å². The fraction of sp³-hybridized carbons (Fsp3) is 0.533. The minimum absolute atomic E-state index is 0.0169. The molecule has 2 heterocycles. The van der Waals surface area contributed by atoms with Crippen LogP contribution in [0.25, 0.3) is 0 Å². The van der Waals surface area contributed by atoms with Gasteiger partial charge in [0.15, 0.2) is 0 Å². The Hall–Kier alpha value is -1.39. The van der Waals surface area contributed by atoms with E-state index in [0.717, 1.165) is 38.4 Å². The van der Waals surface area contributed by atoms with Gasteiger partial charge in [-0.05, 0) is 25.5 Å². The maximum atomic E-state index is 12.6. The Balaban J connectivity index is 1.87. The molecule has 19 heavy (non-hydrogen) atoms. The summed E-state index contributed by atoms with van der Waals surface area (Å²) >= 11 is 0. The average Bonchev–Trinajstić information content (AvgIpc) is 2.41. The van der Waals surface area contributed by atoms with Crippen molar-refractivity contribution in [1.29, 1.82) is 0 Å². The Morgan fingerprint density at radius 2 is 2.05 bits per heavy atom. The second-order valence-corrected chi connectivity index (χ2v) is 5.54. The fourth-order valence-electron chi connectivity index (χ4n) is 3.12. The lowest BCUT2D eigenvalue weighted by Gasteiger charge is -2.43. The summed E-state index contributed by atoms with van der Waals surface area (Å²) in [5, 5.41) is 3.32. The van der Waals surface area contributed by atoms with E-state index in [0.29, 0.717) is 0 Å². The third-order valence-electron chi connectivity index (χ3n) is 4.16. The maximum absolute atomic E-state index is 12.6. The Bertz CT molecular complexity index is 500. The van der Waals surface area contributed by atoms with Crippen molar-refractivity contribution in [2.75, 3.05) is 37.6 Å². The summed E-state index contributed by atoms with van der Waals surface area (Å²) in [6, 6.07) is 6.33. The first-order valence-electron chi connectivity index (χ1n) is 7.00. The van der Waals surface area contributed by atoms with Crippen molar-refractivity contribution in [1.82, 2.24) is 10.2 Å². The van der Waals surface area contributed by atoms with E-state index < -0.39 is 0 Å². The Morgan fingerprint density at radius 1 is 1.21 bits per heavy atom. The zero-order chi connectivity index (χ0) is 13.4. The average molecular weight is 259 g/mol. The molecule has 1 amide bonds. The zero-order valence-corrected chi connectivity index (χ0v) is 11.6. The molecule has 4 nitrogen and oxygen atoms in total. The molecule has 102 valence electrons. The van der Waals surface area contributed by atoms with Crippen molar-refractivity contribution in [3.8, 4) is 0 Å². The van der Waals surface area contributed by atoms with Crippen molar-refractivity contribution < 1.29 is 4.79 Å². The second kappa shape index (κ2) is 4.94. The van der Waals surface area contributed by atoms with E-state index in [1.54, 1.807) is 0 Å². The number of hydrogen-bond donors (Lipinski definition) is 1. The second-order valence-electron chi connectivity index (χ2n) is 5.54. The van der Waals surface area contributed by atoms with Gasteiger partial charge in [-0.1, -0.05) is 17.7 Å². The van der Waals surface area contributed by atoms with Gasteiger partial charge in [-0.15, -0.1) is 0 Å². The van der Waals surface area contributed by atoms with Crippen molar-refractivity contribution in [3.63, 3.8) is 0 Å². The van der Waals surface area contributed by atoms with Crippen LogP contribution in [0.15, 0.2) is 18.2 Å². The molecule has 3 rings (SSSR count). The van der Waals surface area contributed by atoms with Gasteiger partial charge in [0.1, 0.15) is 6.04 Å². The normalized spacial score (nSPS) is 24.4. The lowest BCUT2D eigenvalue weighted by Crippen LogP contribution is -2.64. The van der Waals surface area contributed by atoms with Crippen LogP contribution in [0.1, 0.15) is 11.1 Å². The van der Waals surface area contributed by atoms with Gasteiger partial charge in [-0.3, -0.25) is 9.69 Å². The Kier molecular flexibility index (Phi) is 3.29. The first-order valence-corrected chi connectivity index (χ1v) is 7.00. The lowest BCUT2D eigenvalue weighted by molar-refractivity contribution is -0.126. The number of rotatable bonds is 1. The monoisotopic (exact) mass is 259 g/mol. The molecule has 2 saturated heterocycles. The van der Waals surface area contributed by atoms with Crippen LogP contribution in [-0.4, -0.2) is 49.6 Å². The molecule has 2 aliphatic heterocycles. The van der Waals surface area contributed by atoms with Crippen molar-refractivity contribution in [2.24, 2.45) is 0 Å². The fourth-order valence-corrected chi connectivity index (χ4v) is 3.12. The smallest absolute Gasteiger partial charge is 0.245 e. The van der Waals surface area contributed by atoms with E-state index in [1.807, 2.05) is 4.90 Å². The van der Waals surface area contributed by atoms with Crippen LogP contribution in [0.2, 0.25) is 0 Å². The summed E-state index contributed by atoms with van der Waals surface area (Å²) in [4.78, 5) is 16.9. The molecule has 1 N–H and O–H groups in total. The Labute approximate surface area is 114 Å². The van der Waals surface area contributed by atoms with E-state index in [9.17, 15) is 4.79 Å². The number of nitrogens with zero attached hydrogens (tertiary/aromatic N) is 2. The quantitative estimate of drug-likeness (QED) is 0.815. The molecular weight excluding hydrogens is 238 g/mol. The summed E-state index contributed by atoms with van der Waals surface area (Å²) < 4.78 is 0. The van der Waals surface area contributed by atoms with Gasteiger partial charge in [0.25, 0.3) is 0 Å². The molecule has 1 aromatic carbocycles. The third kappa shape index (κ3) is 2.26. The first kappa shape index (κ1) is 12.6. The molecule has 1 atom stereocenters. The highest BCUT2D eigenvalue weighted by Crippen LogP contribution is 2.25. The van der Waals surface area contributed by atoms with Crippen LogP contribution in [0.3, 0.4) is 0 Å². The van der Waals surface area contributed by atoms with Gasteiger partial charge in [-0.25, -0.2) is 0 Å². The number of fused-ring (bicyclic) bond motifs is 1. The van der Waals surface area contributed by atoms with E-state index in [1.165, 1.54) is 11.1 Å². The molecular formula is C15H21N3O. The number of anilines is 1. The molecule has 2 aliphatic rings. The van der Waals surface area contributed by atoms with Gasteiger partial charge in [0, 0.05) is 38.4 Å². The summed E-state index contributed by atoms with van der Waals surface area (Å²) in [5.74, 6) is 0.241. The maximum Gasteiger partial charge on any atom is 0.245 e. The van der Waals surface area contributed by atoms with E-state index >= 15 is 0 Å². The highest BCUT2D eigenvalue weighted by atomic mass is 16.2. The Morgan fingerprint density at radius 3 is 2.84 bits per heavy atom. The van der Waals surface area contributed by atoms with Crippen LogP contribution in [-0.2, 0) is 4.79 Å².